The fourth-order valence-corrected chi connectivity index (χ4v) is 4.65. The molecule has 1 aliphatic heterocycles. The Morgan fingerprint density at radius 1 is 1.24 bits per heavy atom. The fourth-order valence-electron chi connectivity index (χ4n) is 4.43. The molecule has 0 bridgehead atoms. The maximum Gasteiger partial charge on any atom is 0.297 e. The van der Waals surface area contributed by atoms with E-state index in [0.717, 1.165) is 17.3 Å². The molecule has 0 amide bonds. The number of benzene rings is 1. The summed E-state index contributed by atoms with van der Waals surface area (Å²) in [6.45, 7) is 7.04. The number of alkyl halides is 2. The van der Waals surface area contributed by atoms with Crippen molar-refractivity contribution in [2.24, 2.45) is 16.8 Å². The van der Waals surface area contributed by atoms with Crippen LogP contribution in [0.5, 0.6) is 11.5 Å². The van der Waals surface area contributed by atoms with Gasteiger partial charge in [-0.3, -0.25) is 19.1 Å². The molecule has 0 spiro atoms. The number of rotatable bonds is 9. The van der Waals surface area contributed by atoms with Crippen molar-refractivity contribution in [2.45, 2.75) is 53.0 Å². The highest BCUT2D eigenvalue weighted by Gasteiger charge is 2.42. The Balaban J connectivity index is 1.82. The van der Waals surface area contributed by atoms with Crippen molar-refractivity contribution in [2.75, 3.05) is 6.54 Å². The standard InChI is InChI=1S/C30H30ClF2N5O3/c1-5-18-7-8-25(35-14-18)23-11-20(24(6-2)37-28(23)39)15-38-16-36-27(30(32,33)17(3)4)26(29(38)40)41-22-10-19(13-34)9-21(31)12-22/h7-12,16-18H,5-6,14-15H2,1-4H3,(H,37,39). The average molecular weight is 582 g/mol. The Hall–Kier alpha value is -4.10. The van der Waals surface area contributed by atoms with E-state index >= 15 is 8.78 Å². The molecule has 0 fully saturated rings. The van der Waals surface area contributed by atoms with E-state index in [-0.39, 0.29) is 28.4 Å². The summed E-state index contributed by atoms with van der Waals surface area (Å²) in [4.78, 5) is 38.0. The maximum atomic E-state index is 15.3. The Morgan fingerprint density at radius 2 is 2.00 bits per heavy atom. The van der Waals surface area contributed by atoms with E-state index in [9.17, 15) is 14.9 Å². The summed E-state index contributed by atoms with van der Waals surface area (Å²) < 4.78 is 37.3. The van der Waals surface area contributed by atoms with Crippen LogP contribution < -0.4 is 15.9 Å². The number of hydrogen-bond acceptors (Lipinski definition) is 6. The summed E-state index contributed by atoms with van der Waals surface area (Å²) >= 11 is 6.07. The van der Waals surface area contributed by atoms with E-state index in [1.54, 1.807) is 6.07 Å². The minimum Gasteiger partial charge on any atom is -0.449 e. The molecule has 41 heavy (non-hydrogen) atoms. The van der Waals surface area contributed by atoms with Crippen LogP contribution in [0, 0.1) is 23.2 Å². The van der Waals surface area contributed by atoms with Crippen molar-refractivity contribution in [3.63, 3.8) is 0 Å². The molecule has 4 rings (SSSR count). The van der Waals surface area contributed by atoms with Crippen molar-refractivity contribution < 1.29 is 13.5 Å². The highest BCUT2D eigenvalue weighted by molar-refractivity contribution is 6.30. The largest absolute Gasteiger partial charge is 0.449 e. The van der Waals surface area contributed by atoms with Gasteiger partial charge in [-0.25, -0.2) is 4.98 Å². The molecule has 3 heterocycles. The van der Waals surface area contributed by atoms with E-state index in [2.05, 4.69) is 21.9 Å². The number of pyridine rings is 1. The normalized spacial score (nSPS) is 15.1. The van der Waals surface area contributed by atoms with E-state index in [1.807, 2.05) is 25.1 Å². The second-order valence-corrected chi connectivity index (χ2v) is 10.6. The molecule has 0 saturated carbocycles. The molecule has 1 aliphatic rings. The van der Waals surface area contributed by atoms with Crippen LogP contribution in [-0.2, 0) is 18.9 Å². The smallest absolute Gasteiger partial charge is 0.297 e. The lowest BCUT2D eigenvalue weighted by Crippen LogP contribution is -2.31. The van der Waals surface area contributed by atoms with Gasteiger partial charge in [-0.05, 0) is 54.7 Å². The Bertz CT molecular complexity index is 1680. The van der Waals surface area contributed by atoms with Crippen LogP contribution in [0.4, 0.5) is 8.78 Å². The number of aromatic amines is 1. The van der Waals surface area contributed by atoms with Gasteiger partial charge in [0, 0.05) is 23.2 Å². The SMILES string of the molecule is CCc1[nH]c(=O)c(C2=NCC(CC)C=C2)cc1Cn1cnc(C(F)(F)C(C)C)c(Oc2cc(Cl)cc(C#N)c2)c1=O. The predicted molar refractivity (Wildman–Crippen MR) is 153 cm³/mol. The lowest BCUT2D eigenvalue weighted by molar-refractivity contribution is -0.0573. The minimum absolute atomic E-state index is 0.0560. The highest BCUT2D eigenvalue weighted by Crippen LogP contribution is 2.39. The second kappa shape index (κ2) is 12.2. The van der Waals surface area contributed by atoms with E-state index in [4.69, 9.17) is 16.3 Å². The Morgan fingerprint density at radius 3 is 2.61 bits per heavy atom. The van der Waals surface area contributed by atoms with Crippen molar-refractivity contribution >= 4 is 17.3 Å². The summed E-state index contributed by atoms with van der Waals surface area (Å²) in [6, 6.07) is 7.59. The van der Waals surface area contributed by atoms with E-state index in [1.165, 1.54) is 32.0 Å². The number of nitrogens with one attached hydrogen (secondary N) is 1. The summed E-state index contributed by atoms with van der Waals surface area (Å²) in [5.41, 5.74) is 0.226. The van der Waals surface area contributed by atoms with Gasteiger partial charge in [-0.1, -0.05) is 45.4 Å². The lowest BCUT2D eigenvalue weighted by atomic mass is 9.99. The number of hydrogen-bond donors (Lipinski definition) is 1. The molecule has 0 saturated heterocycles. The molecule has 1 aromatic carbocycles. The lowest BCUT2D eigenvalue weighted by Gasteiger charge is -2.23. The first-order valence-corrected chi connectivity index (χ1v) is 13.7. The van der Waals surface area contributed by atoms with Crippen LogP contribution in [0.1, 0.15) is 62.2 Å². The van der Waals surface area contributed by atoms with Crippen molar-refractivity contribution in [1.29, 1.82) is 5.26 Å². The molecule has 8 nitrogen and oxygen atoms in total. The van der Waals surface area contributed by atoms with Gasteiger partial charge in [0.15, 0.2) is 5.69 Å². The monoisotopic (exact) mass is 581 g/mol. The third-order valence-corrected chi connectivity index (χ3v) is 7.21. The molecule has 0 aliphatic carbocycles. The molecule has 1 atom stereocenters. The number of aryl methyl sites for hydroxylation is 1. The van der Waals surface area contributed by atoms with Crippen LogP contribution in [0.25, 0.3) is 0 Å². The van der Waals surface area contributed by atoms with Crippen LogP contribution in [-0.4, -0.2) is 26.8 Å². The molecule has 214 valence electrons. The van der Waals surface area contributed by atoms with Gasteiger partial charge in [0.2, 0.25) is 5.75 Å². The fraction of sp³-hybridized carbons (Fsp3) is 0.367. The van der Waals surface area contributed by atoms with Crippen molar-refractivity contribution in [3.8, 4) is 17.6 Å². The predicted octanol–water partition coefficient (Wildman–Crippen LogP) is 5.99. The molecule has 2 aromatic heterocycles. The number of dihydropyridines is 1. The topological polar surface area (TPSA) is 113 Å². The molecular weight excluding hydrogens is 552 g/mol. The number of H-pyrrole nitrogens is 1. The summed E-state index contributed by atoms with van der Waals surface area (Å²) in [5.74, 6) is -5.11. The molecular formula is C30H30ClF2N5O3. The van der Waals surface area contributed by atoms with Gasteiger partial charge in [0.25, 0.3) is 17.0 Å². The first-order valence-electron chi connectivity index (χ1n) is 13.3. The Kier molecular flexibility index (Phi) is 8.88. The second-order valence-electron chi connectivity index (χ2n) is 10.1. The Labute approximate surface area is 241 Å². The van der Waals surface area contributed by atoms with Gasteiger partial charge in [0.1, 0.15) is 5.75 Å². The quantitative estimate of drug-likeness (QED) is 0.333. The molecule has 1 unspecified atom stereocenters. The van der Waals surface area contributed by atoms with Crippen LogP contribution in [0.2, 0.25) is 5.02 Å². The van der Waals surface area contributed by atoms with Crippen LogP contribution in [0.15, 0.2) is 57.3 Å². The van der Waals surface area contributed by atoms with E-state index in [0.29, 0.717) is 41.4 Å². The minimum atomic E-state index is -3.49. The zero-order valence-electron chi connectivity index (χ0n) is 23.2. The van der Waals surface area contributed by atoms with Crippen molar-refractivity contribution in [3.05, 3.63) is 96.6 Å². The van der Waals surface area contributed by atoms with E-state index < -0.39 is 28.8 Å². The zero-order chi connectivity index (χ0) is 29.9. The number of nitrogens with zero attached hydrogens (tertiary/aromatic N) is 4. The van der Waals surface area contributed by atoms with Gasteiger partial charge in [0.05, 0.1) is 35.8 Å². The number of allylic oxidation sites excluding steroid dienone is 1. The van der Waals surface area contributed by atoms with Gasteiger partial charge in [-0.15, -0.1) is 0 Å². The number of aromatic nitrogens is 3. The number of ether oxygens (including phenoxy) is 1. The van der Waals surface area contributed by atoms with Crippen molar-refractivity contribution in [1.82, 2.24) is 14.5 Å². The maximum absolute atomic E-state index is 15.3. The number of nitriles is 1. The van der Waals surface area contributed by atoms with Gasteiger partial charge in [-0.2, -0.15) is 14.0 Å². The van der Waals surface area contributed by atoms with Gasteiger partial charge >= 0.3 is 0 Å². The number of aliphatic imine (C=N–C) groups is 1. The first-order chi connectivity index (χ1) is 19.5. The van der Waals surface area contributed by atoms with Crippen LogP contribution >= 0.6 is 11.6 Å². The molecule has 3 aromatic rings. The highest BCUT2D eigenvalue weighted by atomic mass is 35.5. The summed E-state index contributed by atoms with van der Waals surface area (Å²) in [5, 5.41) is 9.42. The number of halogens is 3. The first kappa shape index (κ1) is 29.9. The molecule has 0 radical (unpaired) electrons. The molecule has 1 N–H and O–H groups in total. The summed E-state index contributed by atoms with van der Waals surface area (Å²) in [7, 11) is 0. The summed E-state index contributed by atoms with van der Waals surface area (Å²) in [6.07, 6.45) is 6.28. The average Bonchev–Trinajstić information content (AvgIpc) is 2.95. The zero-order valence-corrected chi connectivity index (χ0v) is 23.9. The molecule has 11 heteroatoms. The van der Waals surface area contributed by atoms with Gasteiger partial charge < -0.3 is 9.72 Å². The van der Waals surface area contributed by atoms with Crippen LogP contribution in [0.3, 0.4) is 0 Å². The third kappa shape index (κ3) is 6.30. The third-order valence-electron chi connectivity index (χ3n) is 6.99.